The van der Waals surface area contributed by atoms with Gasteiger partial charge in [0.25, 0.3) is 0 Å². The molecule has 0 aliphatic heterocycles. The van der Waals surface area contributed by atoms with Gasteiger partial charge in [-0.05, 0) is 17.9 Å². The van der Waals surface area contributed by atoms with Gasteiger partial charge in [0, 0.05) is 30.9 Å². The van der Waals surface area contributed by atoms with E-state index < -0.39 is 0 Å². The molecule has 0 aliphatic rings. The summed E-state index contributed by atoms with van der Waals surface area (Å²) >= 11 is 1.77. The molecule has 2 aromatic heterocycles. The molecule has 0 fully saturated rings. The second-order valence-electron chi connectivity index (χ2n) is 3.52. The van der Waals surface area contributed by atoms with Crippen LogP contribution < -0.4 is 10.6 Å². The van der Waals surface area contributed by atoms with Crippen molar-refractivity contribution in [3.8, 4) is 0 Å². The third-order valence-corrected chi connectivity index (χ3v) is 3.28. The Morgan fingerprint density at radius 1 is 1.38 bits per heavy atom. The van der Waals surface area contributed by atoms with E-state index in [1.165, 1.54) is 4.88 Å². The Balaban J connectivity index is 1.98. The van der Waals surface area contributed by atoms with Crippen LogP contribution in [0, 0.1) is 0 Å². The summed E-state index contributed by atoms with van der Waals surface area (Å²) in [6.45, 7) is 0.892. The number of aromatic nitrogens is 2. The van der Waals surface area contributed by atoms with E-state index >= 15 is 0 Å². The van der Waals surface area contributed by atoms with Crippen molar-refractivity contribution in [2.45, 2.75) is 6.42 Å². The van der Waals surface area contributed by atoms with Gasteiger partial charge in [-0.25, -0.2) is 9.97 Å². The molecule has 4 nitrogen and oxygen atoms in total. The molecular formula is C11H14N4S. The van der Waals surface area contributed by atoms with E-state index in [4.69, 9.17) is 5.73 Å². The molecule has 5 heteroatoms. The molecule has 0 atom stereocenters. The van der Waals surface area contributed by atoms with Crippen molar-refractivity contribution in [3.63, 3.8) is 0 Å². The Kier molecular flexibility index (Phi) is 3.36. The monoisotopic (exact) mass is 234 g/mol. The molecule has 2 heterocycles. The summed E-state index contributed by atoms with van der Waals surface area (Å²) in [6, 6.07) is 4.20. The van der Waals surface area contributed by atoms with Gasteiger partial charge in [-0.1, -0.05) is 6.07 Å². The average molecular weight is 234 g/mol. The molecule has 0 unspecified atom stereocenters. The zero-order valence-corrected chi connectivity index (χ0v) is 9.94. The third kappa shape index (κ3) is 2.49. The molecule has 0 aliphatic carbocycles. The van der Waals surface area contributed by atoms with Gasteiger partial charge in [-0.15, -0.1) is 11.3 Å². The van der Waals surface area contributed by atoms with Crippen LogP contribution in [-0.2, 0) is 6.42 Å². The van der Waals surface area contributed by atoms with E-state index in [-0.39, 0.29) is 0 Å². The molecule has 16 heavy (non-hydrogen) atoms. The van der Waals surface area contributed by atoms with Gasteiger partial charge in [0.05, 0.1) is 0 Å². The largest absolute Gasteiger partial charge is 0.381 e. The Hall–Kier alpha value is -1.62. The van der Waals surface area contributed by atoms with E-state index in [9.17, 15) is 0 Å². The lowest BCUT2D eigenvalue weighted by atomic mass is 10.3. The molecule has 0 bridgehead atoms. The first-order valence-corrected chi connectivity index (χ1v) is 5.95. The van der Waals surface area contributed by atoms with Gasteiger partial charge in [-0.2, -0.15) is 0 Å². The fourth-order valence-corrected chi connectivity index (χ4v) is 2.17. The molecule has 0 saturated carbocycles. The summed E-state index contributed by atoms with van der Waals surface area (Å²) in [6.07, 6.45) is 4.27. The molecule has 2 rings (SSSR count). The number of hydrogen-bond acceptors (Lipinski definition) is 5. The summed E-state index contributed by atoms with van der Waals surface area (Å²) in [5.41, 5.74) is 5.76. The minimum Gasteiger partial charge on any atom is -0.381 e. The molecular weight excluding hydrogens is 220 g/mol. The van der Waals surface area contributed by atoms with Gasteiger partial charge in [0.15, 0.2) is 11.6 Å². The second-order valence-corrected chi connectivity index (χ2v) is 4.55. The van der Waals surface area contributed by atoms with Crippen LogP contribution in [-0.4, -0.2) is 23.6 Å². The first-order chi connectivity index (χ1) is 7.77. The predicted octanol–water partition coefficient (Wildman–Crippen LogP) is 1.80. The molecule has 0 saturated heterocycles. The molecule has 84 valence electrons. The van der Waals surface area contributed by atoms with Crippen molar-refractivity contribution in [2.75, 3.05) is 24.2 Å². The minimum atomic E-state index is 0.483. The van der Waals surface area contributed by atoms with Gasteiger partial charge in [0.1, 0.15) is 0 Å². The normalized spacial score (nSPS) is 10.3. The fraction of sp³-hybridized carbons (Fsp3) is 0.273. The van der Waals surface area contributed by atoms with Crippen molar-refractivity contribution in [2.24, 2.45) is 0 Å². The van der Waals surface area contributed by atoms with Crippen molar-refractivity contribution in [1.82, 2.24) is 9.97 Å². The number of hydrogen-bond donors (Lipinski definition) is 1. The quantitative estimate of drug-likeness (QED) is 0.876. The number of nitrogens with two attached hydrogens (primary N) is 1. The lowest BCUT2D eigenvalue weighted by Gasteiger charge is -2.18. The molecule has 0 aromatic carbocycles. The van der Waals surface area contributed by atoms with Crippen molar-refractivity contribution >= 4 is 23.0 Å². The van der Waals surface area contributed by atoms with Crippen LogP contribution in [0.2, 0.25) is 0 Å². The lowest BCUT2D eigenvalue weighted by molar-refractivity contribution is 0.866. The number of nitrogen functional groups attached to an aromatic ring is 1. The van der Waals surface area contributed by atoms with Gasteiger partial charge in [-0.3, -0.25) is 0 Å². The summed E-state index contributed by atoms with van der Waals surface area (Å²) < 4.78 is 0. The maximum Gasteiger partial charge on any atom is 0.171 e. The Morgan fingerprint density at radius 3 is 2.88 bits per heavy atom. The van der Waals surface area contributed by atoms with Crippen LogP contribution in [0.1, 0.15) is 4.88 Å². The van der Waals surface area contributed by atoms with Gasteiger partial charge in [0.2, 0.25) is 0 Å². The van der Waals surface area contributed by atoms with E-state index in [2.05, 4.69) is 27.5 Å². The highest BCUT2D eigenvalue weighted by molar-refractivity contribution is 7.09. The Bertz CT molecular complexity index is 441. The molecule has 2 aromatic rings. The first kappa shape index (κ1) is 10.9. The number of rotatable bonds is 4. The van der Waals surface area contributed by atoms with E-state index in [0.717, 1.165) is 18.8 Å². The predicted molar refractivity (Wildman–Crippen MR) is 67.7 cm³/mol. The van der Waals surface area contributed by atoms with Crippen LogP contribution in [0.15, 0.2) is 29.9 Å². The highest BCUT2D eigenvalue weighted by Gasteiger charge is 2.07. The Labute approximate surface area is 98.8 Å². The highest BCUT2D eigenvalue weighted by atomic mass is 32.1. The van der Waals surface area contributed by atoms with Crippen molar-refractivity contribution in [3.05, 3.63) is 34.8 Å². The lowest BCUT2D eigenvalue weighted by Crippen LogP contribution is -2.22. The maximum atomic E-state index is 5.76. The zero-order valence-electron chi connectivity index (χ0n) is 9.13. The van der Waals surface area contributed by atoms with E-state index in [1.54, 1.807) is 23.7 Å². The second kappa shape index (κ2) is 4.94. The number of anilines is 2. The van der Waals surface area contributed by atoms with Crippen LogP contribution in [0.5, 0.6) is 0 Å². The summed E-state index contributed by atoms with van der Waals surface area (Å²) in [5.74, 6) is 1.23. The third-order valence-electron chi connectivity index (χ3n) is 2.34. The number of thiophene rings is 1. The maximum absolute atomic E-state index is 5.76. The van der Waals surface area contributed by atoms with Crippen LogP contribution in [0.4, 0.5) is 11.6 Å². The fourth-order valence-electron chi connectivity index (χ4n) is 1.47. The number of nitrogens with zero attached hydrogens (tertiary/aromatic N) is 3. The van der Waals surface area contributed by atoms with Crippen LogP contribution >= 0.6 is 11.3 Å². The molecule has 0 amide bonds. The first-order valence-electron chi connectivity index (χ1n) is 5.07. The van der Waals surface area contributed by atoms with E-state index in [0.29, 0.717) is 5.82 Å². The van der Waals surface area contributed by atoms with E-state index in [1.807, 2.05) is 11.9 Å². The standard InChI is InChI=1S/C11H14N4S/c1-15(7-4-9-3-2-8-16-9)11-10(12)13-5-6-14-11/h2-3,5-6,8H,4,7H2,1H3,(H2,12,13). The van der Waals surface area contributed by atoms with Crippen LogP contribution in [0.3, 0.4) is 0 Å². The average Bonchev–Trinajstić information content (AvgIpc) is 2.79. The smallest absolute Gasteiger partial charge is 0.171 e. The van der Waals surface area contributed by atoms with Gasteiger partial charge < -0.3 is 10.6 Å². The number of likely N-dealkylation sites (N-methyl/N-ethyl adjacent to an activating group) is 1. The molecule has 0 spiro atoms. The van der Waals surface area contributed by atoms with Crippen molar-refractivity contribution in [1.29, 1.82) is 0 Å². The zero-order chi connectivity index (χ0) is 11.4. The summed E-state index contributed by atoms with van der Waals surface area (Å²) in [7, 11) is 1.98. The highest BCUT2D eigenvalue weighted by Crippen LogP contribution is 2.16. The minimum absolute atomic E-state index is 0.483. The SMILES string of the molecule is CN(CCc1cccs1)c1nccnc1N. The summed E-state index contributed by atoms with van der Waals surface area (Å²) in [4.78, 5) is 11.6. The molecule has 0 radical (unpaired) electrons. The van der Waals surface area contributed by atoms with Crippen LogP contribution in [0.25, 0.3) is 0 Å². The van der Waals surface area contributed by atoms with Gasteiger partial charge >= 0.3 is 0 Å². The molecule has 2 N–H and O–H groups in total. The topological polar surface area (TPSA) is 55.0 Å². The Morgan fingerprint density at radius 2 is 2.19 bits per heavy atom. The summed E-state index contributed by atoms with van der Waals surface area (Å²) in [5, 5.41) is 2.09. The van der Waals surface area contributed by atoms with Crippen molar-refractivity contribution < 1.29 is 0 Å².